The highest BCUT2D eigenvalue weighted by Gasteiger charge is 2.33. The molecule has 7 heteroatoms. The van der Waals surface area contributed by atoms with Gasteiger partial charge in [0, 0.05) is 13.2 Å². The zero-order valence-corrected chi connectivity index (χ0v) is 11.4. The normalized spacial score (nSPS) is 13.1. The molecular formula is C12H18N2O5. The maximum atomic E-state index is 11.9. The molecule has 19 heavy (non-hydrogen) atoms. The van der Waals surface area contributed by atoms with E-state index in [9.17, 15) is 9.59 Å². The van der Waals surface area contributed by atoms with Crippen LogP contribution in [0.2, 0.25) is 0 Å². The van der Waals surface area contributed by atoms with E-state index in [-0.39, 0.29) is 12.3 Å². The van der Waals surface area contributed by atoms with Crippen LogP contribution < -0.4 is 5.32 Å². The summed E-state index contributed by atoms with van der Waals surface area (Å²) in [5.41, 5.74) is -0.580. The quantitative estimate of drug-likeness (QED) is 0.829. The van der Waals surface area contributed by atoms with Crippen molar-refractivity contribution >= 4 is 11.9 Å². The molecule has 0 aliphatic heterocycles. The molecule has 1 heterocycles. The zero-order valence-electron chi connectivity index (χ0n) is 11.4. The number of nitrogens with zero attached hydrogens (tertiary/aromatic N) is 1. The minimum atomic E-state index is -1.10. The molecule has 0 bridgehead atoms. The van der Waals surface area contributed by atoms with Gasteiger partial charge < -0.3 is 19.7 Å². The van der Waals surface area contributed by atoms with Crippen LogP contribution in [0.15, 0.2) is 10.6 Å². The lowest BCUT2D eigenvalue weighted by atomic mass is 9.86. The lowest BCUT2D eigenvalue weighted by molar-refractivity contribution is -0.142. The van der Waals surface area contributed by atoms with Gasteiger partial charge in [-0.15, -0.1) is 0 Å². The minimum Gasteiger partial charge on any atom is -0.480 e. The fourth-order valence-electron chi connectivity index (χ4n) is 1.48. The Morgan fingerprint density at radius 3 is 2.63 bits per heavy atom. The number of nitrogens with one attached hydrogen (secondary N) is 1. The molecule has 0 spiro atoms. The van der Waals surface area contributed by atoms with Crippen molar-refractivity contribution in [2.24, 2.45) is 5.41 Å². The Hall–Kier alpha value is -1.89. The Labute approximate surface area is 110 Å². The van der Waals surface area contributed by atoms with Crippen LogP contribution in [0.3, 0.4) is 0 Å². The van der Waals surface area contributed by atoms with Crippen LogP contribution in [0.5, 0.6) is 0 Å². The van der Waals surface area contributed by atoms with E-state index >= 15 is 0 Å². The Bertz CT molecular complexity index is 461. The fourth-order valence-corrected chi connectivity index (χ4v) is 1.48. The van der Waals surface area contributed by atoms with Gasteiger partial charge in [0.1, 0.15) is 12.6 Å². The lowest BCUT2D eigenvalue weighted by Gasteiger charge is -2.27. The van der Waals surface area contributed by atoms with Gasteiger partial charge in [0.05, 0.1) is 0 Å². The van der Waals surface area contributed by atoms with Crippen molar-refractivity contribution in [2.75, 3.05) is 7.11 Å². The molecule has 1 amide bonds. The Morgan fingerprint density at radius 2 is 2.16 bits per heavy atom. The molecule has 7 nitrogen and oxygen atoms in total. The van der Waals surface area contributed by atoms with Crippen LogP contribution in [0.1, 0.15) is 37.0 Å². The summed E-state index contributed by atoms with van der Waals surface area (Å²) in [6, 6.07) is 0.406. The van der Waals surface area contributed by atoms with Gasteiger partial charge in [-0.25, -0.2) is 4.79 Å². The zero-order chi connectivity index (χ0) is 14.6. The summed E-state index contributed by atoms with van der Waals surface area (Å²) >= 11 is 0. The van der Waals surface area contributed by atoms with E-state index in [0.29, 0.717) is 5.76 Å². The third kappa shape index (κ3) is 4.06. The van der Waals surface area contributed by atoms with E-state index in [1.807, 2.05) is 0 Å². The first-order chi connectivity index (χ1) is 8.75. The summed E-state index contributed by atoms with van der Waals surface area (Å²) in [6.07, 6.45) is 0. The number of ether oxygens (including phenoxy) is 1. The first-order valence-electron chi connectivity index (χ1n) is 5.74. The second-order valence-electron chi connectivity index (χ2n) is 5.22. The van der Waals surface area contributed by atoms with Crippen LogP contribution in [-0.4, -0.2) is 35.3 Å². The second kappa shape index (κ2) is 5.83. The summed E-state index contributed by atoms with van der Waals surface area (Å²) < 4.78 is 9.71. The van der Waals surface area contributed by atoms with Crippen molar-refractivity contribution in [3.63, 3.8) is 0 Å². The summed E-state index contributed by atoms with van der Waals surface area (Å²) in [4.78, 5) is 23.0. The molecule has 2 N–H and O–H groups in total. The third-order valence-corrected chi connectivity index (χ3v) is 2.47. The van der Waals surface area contributed by atoms with E-state index in [1.54, 1.807) is 20.8 Å². The minimum absolute atomic E-state index is 0.0301. The maximum absolute atomic E-state index is 11.9. The van der Waals surface area contributed by atoms with E-state index in [4.69, 9.17) is 14.4 Å². The molecule has 0 aliphatic rings. The monoisotopic (exact) mass is 270 g/mol. The second-order valence-corrected chi connectivity index (χ2v) is 5.22. The van der Waals surface area contributed by atoms with Gasteiger partial charge >= 0.3 is 5.97 Å². The molecule has 0 fully saturated rings. The molecule has 0 unspecified atom stereocenters. The molecule has 0 aromatic carbocycles. The number of hydrogen-bond acceptors (Lipinski definition) is 5. The number of carboxylic acid groups (broad SMARTS) is 1. The molecule has 106 valence electrons. The van der Waals surface area contributed by atoms with Gasteiger partial charge in [0.25, 0.3) is 5.91 Å². The molecular weight excluding hydrogens is 252 g/mol. The molecule has 1 atom stereocenters. The van der Waals surface area contributed by atoms with Crippen molar-refractivity contribution in [3.8, 4) is 0 Å². The van der Waals surface area contributed by atoms with Crippen LogP contribution in [0, 0.1) is 5.41 Å². The van der Waals surface area contributed by atoms with Crippen LogP contribution in [0.4, 0.5) is 0 Å². The van der Waals surface area contributed by atoms with Gasteiger partial charge in [0.15, 0.2) is 11.5 Å². The smallest absolute Gasteiger partial charge is 0.326 e. The number of carboxylic acids is 1. The summed E-state index contributed by atoms with van der Waals surface area (Å²) in [7, 11) is 1.49. The molecule has 1 rings (SSSR count). The number of methoxy groups -OCH3 is 1. The van der Waals surface area contributed by atoms with E-state index < -0.39 is 23.3 Å². The summed E-state index contributed by atoms with van der Waals surface area (Å²) in [5.74, 6) is -1.29. The van der Waals surface area contributed by atoms with Gasteiger partial charge in [-0.05, 0) is 5.41 Å². The number of aromatic nitrogens is 1. The van der Waals surface area contributed by atoms with Crippen molar-refractivity contribution in [1.82, 2.24) is 10.5 Å². The largest absolute Gasteiger partial charge is 0.480 e. The van der Waals surface area contributed by atoms with Gasteiger partial charge in [0.2, 0.25) is 0 Å². The van der Waals surface area contributed by atoms with Crippen molar-refractivity contribution < 1.29 is 24.0 Å². The molecule has 0 saturated carbocycles. The first-order valence-corrected chi connectivity index (χ1v) is 5.74. The molecule has 1 aromatic rings. The third-order valence-electron chi connectivity index (χ3n) is 2.47. The average Bonchev–Trinajstić information content (AvgIpc) is 2.72. The Kier molecular flexibility index (Phi) is 4.66. The fraction of sp³-hybridized carbons (Fsp3) is 0.583. The van der Waals surface area contributed by atoms with E-state index in [1.165, 1.54) is 13.2 Å². The molecule has 0 radical (unpaired) electrons. The highest BCUT2D eigenvalue weighted by molar-refractivity contribution is 5.95. The predicted molar refractivity (Wildman–Crippen MR) is 65.6 cm³/mol. The van der Waals surface area contributed by atoms with Crippen LogP contribution in [-0.2, 0) is 16.1 Å². The van der Waals surface area contributed by atoms with Crippen molar-refractivity contribution in [1.29, 1.82) is 0 Å². The highest BCUT2D eigenvalue weighted by atomic mass is 16.5. The van der Waals surface area contributed by atoms with Gasteiger partial charge in [-0.3, -0.25) is 4.79 Å². The van der Waals surface area contributed by atoms with Gasteiger partial charge in [-0.2, -0.15) is 0 Å². The number of carbonyl (C=O) groups excluding carboxylic acids is 1. The number of hydrogen-bond donors (Lipinski definition) is 2. The summed E-state index contributed by atoms with van der Waals surface area (Å²) in [5, 5.41) is 15.1. The predicted octanol–water partition coefficient (Wildman–Crippen LogP) is 1.05. The number of aliphatic carboxylic acids is 1. The average molecular weight is 270 g/mol. The highest BCUT2D eigenvalue weighted by Crippen LogP contribution is 2.20. The van der Waals surface area contributed by atoms with Crippen LogP contribution >= 0.6 is 0 Å². The molecule has 0 saturated heterocycles. The van der Waals surface area contributed by atoms with Crippen molar-refractivity contribution in [3.05, 3.63) is 17.5 Å². The van der Waals surface area contributed by atoms with Gasteiger partial charge in [-0.1, -0.05) is 25.9 Å². The first kappa shape index (κ1) is 15.2. The SMILES string of the molecule is COCc1cc(C(=O)N[C@H](C(=O)O)C(C)(C)C)no1. The lowest BCUT2D eigenvalue weighted by Crippen LogP contribution is -2.49. The van der Waals surface area contributed by atoms with E-state index in [0.717, 1.165) is 0 Å². The standard InChI is InChI=1S/C12H18N2O5/c1-12(2,3)9(11(16)17)13-10(15)8-5-7(6-18-4)19-14-8/h5,9H,6H2,1-4H3,(H,13,15)(H,16,17)/t9-/m1/s1. The van der Waals surface area contributed by atoms with Crippen molar-refractivity contribution in [2.45, 2.75) is 33.4 Å². The topological polar surface area (TPSA) is 102 Å². The Balaban J connectivity index is 2.79. The van der Waals surface area contributed by atoms with Crippen LogP contribution in [0.25, 0.3) is 0 Å². The number of amides is 1. The number of rotatable bonds is 5. The number of carbonyl (C=O) groups is 2. The van der Waals surface area contributed by atoms with E-state index in [2.05, 4.69) is 10.5 Å². The molecule has 0 aliphatic carbocycles. The summed E-state index contributed by atoms with van der Waals surface area (Å²) in [6.45, 7) is 5.38. The Morgan fingerprint density at radius 1 is 1.53 bits per heavy atom. The maximum Gasteiger partial charge on any atom is 0.326 e. The molecule has 1 aromatic heterocycles.